The molecule has 1 saturated heterocycles. The van der Waals surface area contributed by atoms with Crippen LogP contribution < -0.4 is 5.32 Å². The molecule has 8 unspecified atom stereocenters. The van der Waals surface area contributed by atoms with Crippen LogP contribution in [0.3, 0.4) is 0 Å². The molecule has 0 aromatic carbocycles. The largest absolute Gasteiger partial charge is 0.390 e. The maximum absolute atomic E-state index is 14.0. The molecular weight excluding hydrogens is 394 g/mol. The van der Waals surface area contributed by atoms with E-state index in [0.29, 0.717) is 18.8 Å². The van der Waals surface area contributed by atoms with E-state index in [4.69, 9.17) is 4.74 Å². The number of ketones is 1. The molecule has 1 spiro atoms. The lowest BCUT2D eigenvalue weighted by Crippen LogP contribution is -2.54. The van der Waals surface area contributed by atoms with Gasteiger partial charge in [-0.1, -0.05) is 44.1 Å². The molecule has 174 valence electrons. The number of ether oxygens (including phenoxy) is 1. The second kappa shape index (κ2) is 9.16. The third-order valence-corrected chi connectivity index (χ3v) is 7.83. The zero-order valence-electron chi connectivity index (χ0n) is 19.7. The summed E-state index contributed by atoms with van der Waals surface area (Å²) < 4.78 is 5.45. The Bertz CT molecular complexity index is 772. The lowest BCUT2D eigenvalue weighted by atomic mass is 9.54. The Hall–Kier alpha value is -1.50. The minimum atomic E-state index is -1.22. The van der Waals surface area contributed by atoms with Crippen molar-refractivity contribution in [2.75, 3.05) is 7.11 Å². The van der Waals surface area contributed by atoms with Gasteiger partial charge in [-0.05, 0) is 44.9 Å². The van der Waals surface area contributed by atoms with Crippen molar-refractivity contribution >= 4 is 11.7 Å². The fourth-order valence-electron chi connectivity index (χ4n) is 6.08. The van der Waals surface area contributed by atoms with Gasteiger partial charge in [0.15, 0.2) is 5.78 Å². The van der Waals surface area contributed by atoms with E-state index >= 15 is 0 Å². The first-order valence-corrected chi connectivity index (χ1v) is 11.6. The summed E-state index contributed by atoms with van der Waals surface area (Å²) in [4.78, 5) is 27.7. The highest BCUT2D eigenvalue weighted by Crippen LogP contribution is 2.55. The van der Waals surface area contributed by atoms with E-state index in [-0.39, 0.29) is 41.9 Å². The molecule has 8 atom stereocenters. The minimum absolute atomic E-state index is 0.0760. The van der Waals surface area contributed by atoms with Gasteiger partial charge < -0.3 is 20.3 Å². The molecule has 1 fully saturated rings. The summed E-state index contributed by atoms with van der Waals surface area (Å²) >= 11 is 0. The lowest BCUT2D eigenvalue weighted by molar-refractivity contribution is -0.149. The molecule has 6 nitrogen and oxygen atoms in total. The van der Waals surface area contributed by atoms with Crippen molar-refractivity contribution in [1.82, 2.24) is 5.32 Å². The number of nitrogens with one attached hydrogen (secondary N) is 1. The molecule has 0 aromatic heterocycles. The van der Waals surface area contributed by atoms with E-state index in [1.807, 2.05) is 13.0 Å². The Morgan fingerprint density at radius 3 is 2.52 bits per heavy atom. The predicted octanol–water partition coefficient (Wildman–Crippen LogP) is 2.78. The Labute approximate surface area is 186 Å². The summed E-state index contributed by atoms with van der Waals surface area (Å²) in [6.07, 6.45) is 2.79. The van der Waals surface area contributed by atoms with Crippen LogP contribution in [-0.2, 0) is 14.3 Å². The van der Waals surface area contributed by atoms with E-state index in [0.717, 1.165) is 12.0 Å². The van der Waals surface area contributed by atoms with Crippen molar-refractivity contribution in [3.8, 4) is 0 Å². The van der Waals surface area contributed by atoms with Crippen molar-refractivity contribution in [3.63, 3.8) is 0 Å². The Kier molecular flexibility index (Phi) is 7.14. The molecule has 2 aliphatic carbocycles. The number of Topliss-reactive ketones (excluding diaryl/α,β-unsaturated/α-hetero) is 1. The third-order valence-electron chi connectivity index (χ3n) is 7.83. The van der Waals surface area contributed by atoms with Gasteiger partial charge in [0.25, 0.3) is 0 Å². The van der Waals surface area contributed by atoms with E-state index in [1.54, 1.807) is 0 Å². The van der Waals surface area contributed by atoms with E-state index in [9.17, 15) is 19.8 Å². The van der Waals surface area contributed by atoms with Crippen LogP contribution in [-0.4, -0.2) is 53.4 Å². The molecule has 0 aromatic rings. The topological polar surface area (TPSA) is 95.9 Å². The summed E-state index contributed by atoms with van der Waals surface area (Å²) in [5, 5.41) is 24.3. The standard InChI is InChI=1S/C25H39NO5/c1-13(2)9-18-22-16(5)15(4)11-17-10-14(3)7-8-19(27)23(29)20(31-6)12-21(28)25(17,22)24(30)26-18/h10-11,13,16-20,22-23,27,29H,7-9,12H2,1-6H3,(H,26,30). The SMILES string of the molecule is COC1CC(=O)C23C(=O)NC(CC(C)C)C2C(C)C(C)=CC3C=C(C)CCC(O)C1O. The fourth-order valence-corrected chi connectivity index (χ4v) is 6.08. The van der Waals surface area contributed by atoms with Crippen LogP contribution in [0.15, 0.2) is 23.3 Å². The molecular formula is C25H39NO5. The molecule has 31 heavy (non-hydrogen) atoms. The van der Waals surface area contributed by atoms with Gasteiger partial charge in [-0.2, -0.15) is 0 Å². The van der Waals surface area contributed by atoms with Crippen LogP contribution in [0.4, 0.5) is 0 Å². The summed E-state index contributed by atoms with van der Waals surface area (Å²) in [6, 6.07) is -0.0760. The summed E-state index contributed by atoms with van der Waals surface area (Å²) in [7, 11) is 1.44. The number of aliphatic hydroxyl groups is 2. The van der Waals surface area contributed by atoms with Gasteiger partial charge in [0, 0.05) is 31.4 Å². The average molecular weight is 434 g/mol. The maximum Gasteiger partial charge on any atom is 0.235 e. The second-order valence-corrected chi connectivity index (χ2v) is 10.3. The maximum atomic E-state index is 14.0. The number of hydrogen-bond acceptors (Lipinski definition) is 5. The summed E-state index contributed by atoms with van der Waals surface area (Å²) in [5.41, 5.74) is 0.994. The first-order chi connectivity index (χ1) is 14.5. The number of carbonyl (C=O) groups excluding carboxylic acids is 2. The van der Waals surface area contributed by atoms with Gasteiger partial charge in [-0.15, -0.1) is 0 Å². The Balaban J connectivity index is 2.19. The Morgan fingerprint density at radius 2 is 1.90 bits per heavy atom. The second-order valence-electron chi connectivity index (χ2n) is 10.3. The molecule has 0 bridgehead atoms. The van der Waals surface area contributed by atoms with Gasteiger partial charge in [0.05, 0.1) is 12.2 Å². The smallest absolute Gasteiger partial charge is 0.235 e. The first kappa shape index (κ1) is 24.1. The number of methoxy groups -OCH3 is 1. The van der Waals surface area contributed by atoms with Crippen molar-refractivity contribution in [2.45, 2.75) is 84.7 Å². The van der Waals surface area contributed by atoms with Gasteiger partial charge >= 0.3 is 0 Å². The highest BCUT2D eigenvalue weighted by Gasteiger charge is 2.65. The van der Waals surface area contributed by atoms with Crippen LogP contribution in [0.5, 0.6) is 0 Å². The number of aliphatic hydroxyl groups excluding tert-OH is 2. The van der Waals surface area contributed by atoms with Crippen molar-refractivity contribution < 1.29 is 24.5 Å². The van der Waals surface area contributed by atoms with Crippen molar-refractivity contribution in [2.24, 2.45) is 29.1 Å². The first-order valence-electron chi connectivity index (χ1n) is 11.6. The zero-order chi connectivity index (χ0) is 23.1. The van der Waals surface area contributed by atoms with Gasteiger partial charge in [-0.3, -0.25) is 9.59 Å². The van der Waals surface area contributed by atoms with Crippen molar-refractivity contribution in [3.05, 3.63) is 23.3 Å². The lowest BCUT2D eigenvalue weighted by Gasteiger charge is -2.45. The number of amides is 1. The van der Waals surface area contributed by atoms with Gasteiger partial charge in [0.2, 0.25) is 5.91 Å². The number of rotatable bonds is 3. The molecule has 1 aliphatic heterocycles. The molecule has 3 aliphatic rings. The third kappa shape index (κ3) is 4.14. The normalized spacial score (nSPS) is 41.6. The predicted molar refractivity (Wildman–Crippen MR) is 119 cm³/mol. The summed E-state index contributed by atoms with van der Waals surface area (Å²) in [5.74, 6) is -0.445. The van der Waals surface area contributed by atoms with Crippen molar-refractivity contribution in [1.29, 1.82) is 0 Å². The van der Waals surface area contributed by atoms with Crippen LogP contribution in [0.1, 0.15) is 60.3 Å². The number of carbonyl (C=O) groups is 2. The van der Waals surface area contributed by atoms with Gasteiger partial charge in [-0.25, -0.2) is 0 Å². The van der Waals surface area contributed by atoms with E-state index in [1.165, 1.54) is 12.7 Å². The molecule has 1 amide bonds. The van der Waals surface area contributed by atoms with Crippen LogP contribution >= 0.6 is 0 Å². The molecule has 1 heterocycles. The fraction of sp³-hybridized carbons (Fsp3) is 0.760. The molecule has 3 rings (SSSR count). The van der Waals surface area contributed by atoms with Crippen LogP contribution in [0.25, 0.3) is 0 Å². The highest BCUT2D eigenvalue weighted by atomic mass is 16.5. The Morgan fingerprint density at radius 1 is 1.23 bits per heavy atom. The average Bonchev–Trinajstić information content (AvgIpc) is 2.98. The summed E-state index contributed by atoms with van der Waals surface area (Å²) in [6.45, 7) is 10.4. The van der Waals surface area contributed by atoms with Crippen LogP contribution in [0.2, 0.25) is 0 Å². The molecule has 0 saturated carbocycles. The minimum Gasteiger partial charge on any atom is -0.390 e. The number of allylic oxidation sites excluding steroid dienone is 4. The zero-order valence-corrected chi connectivity index (χ0v) is 19.7. The number of hydrogen-bond donors (Lipinski definition) is 3. The quantitative estimate of drug-likeness (QED) is 0.470. The van der Waals surface area contributed by atoms with Gasteiger partial charge in [0.1, 0.15) is 11.5 Å². The monoisotopic (exact) mass is 433 g/mol. The molecule has 0 radical (unpaired) electrons. The molecule has 6 heteroatoms. The van der Waals surface area contributed by atoms with E-state index in [2.05, 4.69) is 39.1 Å². The van der Waals surface area contributed by atoms with E-state index < -0.39 is 23.7 Å². The molecule has 3 N–H and O–H groups in total. The van der Waals surface area contributed by atoms with Crippen LogP contribution in [0, 0.1) is 29.1 Å². The highest BCUT2D eigenvalue weighted by molar-refractivity contribution is 6.09.